The van der Waals surface area contributed by atoms with Crippen molar-refractivity contribution in [3.05, 3.63) is 53.3 Å². The van der Waals surface area contributed by atoms with Gasteiger partial charge in [-0.3, -0.25) is 4.68 Å². The van der Waals surface area contributed by atoms with E-state index < -0.39 is 0 Å². The average Bonchev–Trinajstić information content (AvgIpc) is 2.74. The summed E-state index contributed by atoms with van der Waals surface area (Å²) in [6.07, 6.45) is 4.27. The molecule has 3 rings (SSSR count). The zero-order valence-electron chi connectivity index (χ0n) is 10.6. The number of aliphatic hydroxyl groups is 1. The lowest BCUT2D eigenvalue weighted by Crippen LogP contribution is -2.29. The highest BCUT2D eigenvalue weighted by Gasteiger charge is 2.31. The second-order valence-corrected chi connectivity index (χ2v) is 5.06. The van der Waals surface area contributed by atoms with E-state index in [4.69, 9.17) is 0 Å². The van der Waals surface area contributed by atoms with Crippen molar-refractivity contribution in [3.8, 4) is 0 Å². The Kier molecular flexibility index (Phi) is 2.92. The lowest BCUT2D eigenvalue weighted by atomic mass is 9.73. The molecule has 18 heavy (non-hydrogen) atoms. The lowest BCUT2D eigenvalue weighted by molar-refractivity contribution is 0.123. The minimum Gasteiger partial charge on any atom is -0.392 e. The molecule has 0 aliphatic heterocycles. The van der Waals surface area contributed by atoms with Gasteiger partial charge in [-0.2, -0.15) is 5.10 Å². The van der Waals surface area contributed by atoms with E-state index >= 15 is 0 Å². The van der Waals surface area contributed by atoms with Crippen LogP contribution in [0.2, 0.25) is 0 Å². The first-order valence-electron chi connectivity index (χ1n) is 6.48. The first-order chi connectivity index (χ1) is 8.75. The summed E-state index contributed by atoms with van der Waals surface area (Å²) in [5.74, 6) is 0.328. The number of aliphatic hydroxyl groups excluding tert-OH is 1. The molecule has 94 valence electrons. The number of aryl methyl sites for hydroxylation is 2. The zero-order valence-corrected chi connectivity index (χ0v) is 10.6. The molecule has 0 saturated carbocycles. The third-order valence-electron chi connectivity index (χ3n) is 3.98. The van der Waals surface area contributed by atoms with Gasteiger partial charge in [-0.25, -0.2) is 0 Å². The molecule has 0 bridgehead atoms. The number of hydrogen-bond donors (Lipinski definition) is 1. The molecule has 0 amide bonds. The Hall–Kier alpha value is -1.61. The van der Waals surface area contributed by atoms with Gasteiger partial charge in [0, 0.05) is 24.9 Å². The summed E-state index contributed by atoms with van der Waals surface area (Å²) in [5.41, 5.74) is 3.90. The molecule has 1 aromatic heterocycles. The van der Waals surface area contributed by atoms with Gasteiger partial charge in [0.25, 0.3) is 0 Å². The fourth-order valence-corrected chi connectivity index (χ4v) is 2.78. The average molecular weight is 242 g/mol. The Morgan fingerprint density at radius 1 is 1.39 bits per heavy atom. The van der Waals surface area contributed by atoms with Crippen molar-refractivity contribution in [2.24, 2.45) is 7.05 Å². The van der Waals surface area contributed by atoms with Crippen LogP contribution in [-0.2, 0) is 19.9 Å². The molecule has 2 aromatic rings. The van der Waals surface area contributed by atoms with E-state index in [1.165, 1.54) is 16.8 Å². The normalized spacial score (nSPS) is 19.1. The maximum atomic E-state index is 10.3. The summed E-state index contributed by atoms with van der Waals surface area (Å²) in [6, 6.07) is 10.4. The molecular weight excluding hydrogens is 224 g/mol. The van der Waals surface area contributed by atoms with Gasteiger partial charge in [0.1, 0.15) is 0 Å². The number of benzene rings is 1. The van der Waals surface area contributed by atoms with Crippen molar-refractivity contribution in [1.29, 1.82) is 0 Å². The third kappa shape index (κ3) is 1.95. The summed E-state index contributed by atoms with van der Waals surface area (Å²) in [7, 11) is 1.94. The SMILES string of the molecule is Cn1nccc1CCC(O)C1Cc2ccccc21. The minimum absolute atomic E-state index is 0.241. The molecule has 0 spiro atoms. The fraction of sp³-hybridized carbons (Fsp3) is 0.400. The molecule has 3 nitrogen and oxygen atoms in total. The van der Waals surface area contributed by atoms with Crippen LogP contribution in [0.15, 0.2) is 36.5 Å². The maximum Gasteiger partial charge on any atom is 0.0615 e. The van der Waals surface area contributed by atoms with Gasteiger partial charge >= 0.3 is 0 Å². The molecular formula is C15H18N2O. The quantitative estimate of drug-likeness (QED) is 0.891. The Morgan fingerprint density at radius 3 is 2.94 bits per heavy atom. The van der Waals surface area contributed by atoms with Crippen LogP contribution in [-0.4, -0.2) is 21.0 Å². The Morgan fingerprint density at radius 2 is 2.22 bits per heavy atom. The van der Waals surface area contributed by atoms with Crippen LogP contribution in [0.25, 0.3) is 0 Å². The largest absolute Gasteiger partial charge is 0.392 e. The smallest absolute Gasteiger partial charge is 0.0615 e. The second-order valence-electron chi connectivity index (χ2n) is 5.06. The van der Waals surface area contributed by atoms with Gasteiger partial charge in [-0.15, -0.1) is 0 Å². The Labute approximate surface area is 107 Å². The Balaban J connectivity index is 1.61. The van der Waals surface area contributed by atoms with Gasteiger partial charge in [-0.05, 0) is 36.5 Å². The highest BCUT2D eigenvalue weighted by Crippen LogP contribution is 2.38. The molecule has 1 aliphatic carbocycles. The van der Waals surface area contributed by atoms with Crippen LogP contribution in [0.5, 0.6) is 0 Å². The summed E-state index contributed by atoms with van der Waals surface area (Å²) >= 11 is 0. The van der Waals surface area contributed by atoms with Crippen molar-refractivity contribution < 1.29 is 5.11 Å². The van der Waals surface area contributed by atoms with Crippen molar-refractivity contribution in [1.82, 2.24) is 9.78 Å². The van der Waals surface area contributed by atoms with E-state index in [-0.39, 0.29) is 6.10 Å². The monoisotopic (exact) mass is 242 g/mol. The molecule has 3 heteroatoms. The summed E-state index contributed by atoms with van der Waals surface area (Å²) < 4.78 is 1.88. The summed E-state index contributed by atoms with van der Waals surface area (Å²) in [4.78, 5) is 0. The lowest BCUT2D eigenvalue weighted by Gasteiger charge is -2.33. The first-order valence-corrected chi connectivity index (χ1v) is 6.48. The van der Waals surface area contributed by atoms with E-state index in [9.17, 15) is 5.11 Å². The Bertz CT molecular complexity index is 547. The van der Waals surface area contributed by atoms with Gasteiger partial charge in [0.2, 0.25) is 0 Å². The third-order valence-corrected chi connectivity index (χ3v) is 3.98. The summed E-state index contributed by atoms with van der Waals surface area (Å²) in [5, 5.41) is 14.4. The van der Waals surface area contributed by atoms with E-state index in [0.29, 0.717) is 5.92 Å². The van der Waals surface area contributed by atoms with Crippen LogP contribution in [0.1, 0.15) is 29.2 Å². The van der Waals surface area contributed by atoms with Gasteiger partial charge < -0.3 is 5.11 Å². The zero-order chi connectivity index (χ0) is 12.5. The molecule has 0 radical (unpaired) electrons. The highest BCUT2D eigenvalue weighted by molar-refractivity contribution is 5.40. The molecule has 1 aliphatic rings. The van der Waals surface area contributed by atoms with Crippen molar-refractivity contribution >= 4 is 0 Å². The number of hydrogen-bond acceptors (Lipinski definition) is 2. The first kappa shape index (κ1) is 11.5. The molecule has 1 N–H and O–H groups in total. The van der Waals surface area contributed by atoms with Crippen molar-refractivity contribution in [2.45, 2.75) is 31.3 Å². The number of fused-ring (bicyclic) bond motifs is 1. The van der Waals surface area contributed by atoms with E-state index in [1.54, 1.807) is 6.20 Å². The van der Waals surface area contributed by atoms with Crippen LogP contribution >= 0.6 is 0 Å². The van der Waals surface area contributed by atoms with E-state index in [2.05, 4.69) is 29.4 Å². The molecule has 0 fully saturated rings. The maximum absolute atomic E-state index is 10.3. The molecule has 1 aromatic carbocycles. The standard InChI is InChI=1S/C15H18N2O/c1-17-12(8-9-16-17)6-7-15(18)14-10-11-4-2-3-5-13(11)14/h2-5,8-9,14-15,18H,6-7,10H2,1H3. The van der Waals surface area contributed by atoms with Crippen molar-refractivity contribution in [3.63, 3.8) is 0 Å². The number of aromatic nitrogens is 2. The van der Waals surface area contributed by atoms with E-state index in [1.807, 2.05) is 17.8 Å². The number of rotatable bonds is 4. The fourth-order valence-electron chi connectivity index (χ4n) is 2.78. The summed E-state index contributed by atoms with van der Waals surface area (Å²) in [6.45, 7) is 0. The van der Waals surface area contributed by atoms with Crippen molar-refractivity contribution in [2.75, 3.05) is 0 Å². The van der Waals surface area contributed by atoms with Crippen LogP contribution in [0.4, 0.5) is 0 Å². The van der Waals surface area contributed by atoms with Crippen LogP contribution in [0, 0.1) is 0 Å². The topological polar surface area (TPSA) is 38.0 Å². The van der Waals surface area contributed by atoms with Crippen LogP contribution < -0.4 is 0 Å². The predicted octanol–water partition coefficient (Wildman–Crippen LogP) is 2.05. The molecule has 2 unspecified atom stereocenters. The van der Waals surface area contributed by atoms with Gasteiger partial charge in [-0.1, -0.05) is 24.3 Å². The van der Waals surface area contributed by atoms with Crippen LogP contribution in [0.3, 0.4) is 0 Å². The van der Waals surface area contributed by atoms with E-state index in [0.717, 1.165) is 19.3 Å². The van der Waals surface area contributed by atoms with Gasteiger partial charge in [0.15, 0.2) is 0 Å². The predicted molar refractivity (Wildman–Crippen MR) is 70.4 cm³/mol. The number of nitrogens with zero attached hydrogens (tertiary/aromatic N) is 2. The van der Waals surface area contributed by atoms with Gasteiger partial charge in [0.05, 0.1) is 6.10 Å². The second kappa shape index (κ2) is 4.58. The molecule has 2 atom stereocenters. The molecule has 0 saturated heterocycles. The molecule has 1 heterocycles. The highest BCUT2D eigenvalue weighted by atomic mass is 16.3. The minimum atomic E-state index is -0.241.